The van der Waals surface area contributed by atoms with E-state index in [4.69, 9.17) is 0 Å². The van der Waals surface area contributed by atoms with Crippen LogP contribution in [0, 0.1) is 0 Å². The van der Waals surface area contributed by atoms with E-state index in [2.05, 4.69) is 0 Å². The zero-order chi connectivity index (χ0) is 15.9. The van der Waals surface area contributed by atoms with E-state index in [0.29, 0.717) is 5.56 Å². The third kappa shape index (κ3) is 3.33. The average molecular weight is 277 g/mol. The molecule has 0 aliphatic carbocycles. The van der Waals surface area contributed by atoms with Crippen LogP contribution in [0.2, 0.25) is 0 Å². The summed E-state index contributed by atoms with van der Waals surface area (Å²) in [5, 5.41) is 21.7. The number of carboxylic acids is 1. The van der Waals surface area contributed by atoms with Gasteiger partial charge in [0.15, 0.2) is 0 Å². The van der Waals surface area contributed by atoms with Gasteiger partial charge in [0.2, 0.25) is 0 Å². The minimum absolute atomic E-state index is 0.258. The summed E-state index contributed by atoms with van der Waals surface area (Å²) in [7, 11) is 0. The molecule has 112 valence electrons. The summed E-state index contributed by atoms with van der Waals surface area (Å²) in [5.74, 6) is -1.53. The fraction of sp³-hybridized carbons (Fsp3) is 0.588. The van der Waals surface area contributed by atoms with Crippen LogP contribution in [0.1, 0.15) is 71.1 Å². The van der Waals surface area contributed by atoms with E-state index in [1.54, 1.807) is 19.1 Å². The average Bonchev–Trinajstić information content (AvgIpc) is 2.24. The zero-order valence-corrected chi connectivity index (χ0v) is 13.5. The number of carboxylic acid groups (broad SMARTS) is 1. The van der Waals surface area contributed by atoms with Crippen molar-refractivity contribution in [1.29, 1.82) is 0 Å². The van der Waals surface area contributed by atoms with E-state index < -0.39 is 11.9 Å². The molecule has 0 spiro atoms. The molecule has 0 radical (unpaired) electrons. The standard InChI is InChI=1S/C17H26O3/c1-10(15(19)20)11-8-12(16(2,3)4)14(18)13(9-11)17(5,6)7/h8-10,18H,1-7H3,(H,19,20)/p-1. The van der Waals surface area contributed by atoms with Crippen molar-refractivity contribution >= 4 is 5.97 Å². The molecule has 0 aliphatic rings. The Hall–Kier alpha value is -1.51. The molecule has 0 aliphatic heterocycles. The highest BCUT2D eigenvalue weighted by atomic mass is 16.4. The van der Waals surface area contributed by atoms with Gasteiger partial charge in [0, 0.05) is 11.9 Å². The first kappa shape index (κ1) is 16.5. The molecule has 0 saturated heterocycles. The third-order valence-electron chi connectivity index (χ3n) is 3.60. The number of carbonyl (C=O) groups is 1. The maximum atomic E-state index is 11.1. The van der Waals surface area contributed by atoms with Gasteiger partial charge in [0.1, 0.15) is 5.75 Å². The highest BCUT2D eigenvalue weighted by Crippen LogP contribution is 2.40. The van der Waals surface area contributed by atoms with Crippen molar-refractivity contribution in [1.82, 2.24) is 0 Å². The predicted octanol–water partition coefficient (Wildman–Crippen LogP) is 2.84. The summed E-state index contributed by atoms with van der Waals surface area (Å²) in [6, 6.07) is 3.57. The molecular weight excluding hydrogens is 252 g/mol. The molecule has 1 unspecified atom stereocenters. The largest absolute Gasteiger partial charge is 0.550 e. The van der Waals surface area contributed by atoms with Gasteiger partial charge in [0.25, 0.3) is 0 Å². The zero-order valence-electron chi connectivity index (χ0n) is 13.5. The Kier molecular flexibility index (Phi) is 4.23. The molecule has 3 nitrogen and oxygen atoms in total. The van der Waals surface area contributed by atoms with Crippen LogP contribution in [0.25, 0.3) is 0 Å². The second-order valence-electron chi connectivity index (χ2n) is 7.51. The van der Waals surface area contributed by atoms with E-state index in [-0.39, 0.29) is 16.6 Å². The highest BCUT2D eigenvalue weighted by Gasteiger charge is 2.27. The minimum Gasteiger partial charge on any atom is -0.550 e. The van der Waals surface area contributed by atoms with Crippen molar-refractivity contribution < 1.29 is 15.0 Å². The minimum atomic E-state index is -1.10. The van der Waals surface area contributed by atoms with Gasteiger partial charge in [-0.1, -0.05) is 60.6 Å². The van der Waals surface area contributed by atoms with E-state index >= 15 is 0 Å². The lowest BCUT2D eigenvalue weighted by Gasteiger charge is -2.29. The van der Waals surface area contributed by atoms with E-state index in [9.17, 15) is 15.0 Å². The molecule has 1 rings (SSSR count). The summed E-state index contributed by atoms with van der Waals surface area (Å²) in [5.41, 5.74) is 1.70. The van der Waals surface area contributed by atoms with E-state index in [0.717, 1.165) is 11.1 Å². The maximum absolute atomic E-state index is 11.1. The molecule has 0 fully saturated rings. The maximum Gasteiger partial charge on any atom is 0.123 e. The second kappa shape index (κ2) is 5.12. The first-order chi connectivity index (χ1) is 8.85. The molecule has 0 amide bonds. The Bertz CT molecular complexity index is 481. The Balaban J connectivity index is 3.63. The van der Waals surface area contributed by atoms with Crippen molar-refractivity contribution in [2.75, 3.05) is 0 Å². The molecule has 1 N–H and O–H groups in total. The number of hydrogen-bond donors (Lipinski definition) is 1. The molecule has 3 heteroatoms. The lowest BCUT2D eigenvalue weighted by Crippen LogP contribution is -2.29. The molecule has 1 aromatic carbocycles. The monoisotopic (exact) mass is 277 g/mol. The van der Waals surface area contributed by atoms with Gasteiger partial charge in [-0.2, -0.15) is 0 Å². The first-order valence-electron chi connectivity index (χ1n) is 6.94. The van der Waals surface area contributed by atoms with Gasteiger partial charge >= 0.3 is 0 Å². The van der Waals surface area contributed by atoms with Gasteiger partial charge in [0.05, 0.1) is 0 Å². The van der Waals surface area contributed by atoms with Crippen molar-refractivity contribution in [3.05, 3.63) is 28.8 Å². The topological polar surface area (TPSA) is 60.4 Å². The molecule has 0 aromatic heterocycles. The van der Waals surface area contributed by atoms with Crippen molar-refractivity contribution in [2.45, 2.75) is 65.2 Å². The summed E-state index contributed by atoms with van der Waals surface area (Å²) in [6.45, 7) is 13.6. The fourth-order valence-corrected chi connectivity index (χ4v) is 2.19. The Labute approximate surface area is 121 Å². The number of aromatic hydroxyl groups is 1. The summed E-state index contributed by atoms with van der Waals surface area (Å²) < 4.78 is 0. The Morgan fingerprint density at radius 3 is 1.65 bits per heavy atom. The SMILES string of the molecule is CC(C(=O)[O-])c1cc(C(C)(C)C)c(O)c(C(C)(C)C)c1. The van der Waals surface area contributed by atoms with Gasteiger partial charge in [-0.15, -0.1) is 0 Å². The number of rotatable bonds is 2. The fourth-order valence-electron chi connectivity index (χ4n) is 2.19. The van der Waals surface area contributed by atoms with Gasteiger partial charge in [-0.3, -0.25) is 0 Å². The normalized spacial score (nSPS) is 14.2. The van der Waals surface area contributed by atoms with Crippen LogP contribution in [0.15, 0.2) is 12.1 Å². The summed E-state index contributed by atoms with van der Waals surface area (Å²) in [6.07, 6.45) is 0. The van der Waals surface area contributed by atoms with E-state index in [1.807, 2.05) is 41.5 Å². The van der Waals surface area contributed by atoms with Crippen LogP contribution in [-0.4, -0.2) is 11.1 Å². The first-order valence-corrected chi connectivity index (χ1v) is 6.94. The van der Waals surface area contributed by atoms with E-state index in [1.165, 1.54) is 0 Å². The van der Waals surface area contributed by atoms with Crippen LogP contribution < -0.4 is 5.11 Å². The van der Waals surface area contributed by atoms with Crippen LogP contribution in [-0.2, 0) is 15.6 Å². The van der Waals surface area contributed by atoms with Crippen molar-refractivity contribution in [2.24, 2.45) is 0 Å². The smallest absolute Gasteiger partial charge is 0.123 e. The molecule has 1 atom stereocenters. The number of aliphatic carboxylic acids is 1. The van der Waals surface area contributed by atoms with Crippen LogP contribution in [0.4, 0.5) is 0 Å². The van der Waals surface area contributed by atoms with Crippen molar-refractivity contribution in [3.63, 3.8) is 0 Å². The van der Waals surface area contributed by atoms with Crippen LogP contribution in [0.5, 0.6) is 5.75 Å². The molecule has 0 heterocycles. The number of phenolic OH excluding ortho intramolecular Hbond substituents is 1. The number of carbonyl (C=O) groups excluding carboxylic acids is 1. The lowest BCUT2D eigenvalue weighted by molar-refractivity contribution is -0.307. The number of phenols is 1. The quantitative estimate of drug-likeness (QED) is 0.904. The molecule has 0 bridgehead atoms. The predicted molar refractivity (Wildman–Crippen MR) is 78.9 cm³/mol. The molecule has 20 heavy (non-hydrogen) atoms. The lowest BCUT2D eigenvalue weighted by atomic mass is 9.77. The second-order valence-corrected chi connectivity index (χ2v) is 7.51. The van der Waals surface area contributed by atoms with Crippen LogP contribution in [0.3, 0.4) is 0 Å². The van der Waals surface area contributed by atoms with Gasteiger partial charge in [-0.25, -0.2) is 0 Å². The number of hydrogen-bond acceptors (Lipinski definition) is 3. The van der Waals surface area contributed by atoms with Gasteiger partial charge < -0.3 is 15.0 Å². The number of benzene rings is 1. The Morgan fingerprint density at radius 2 is 1.40 bits per heavy atom. The van der Waals surface area contributed by atoms with Crippen molar-refractivity contribution in [3.8, 4) is 5.75 Å². The Morgan fingerprint density at radius 1 is 1.05 bits per heavy atom. The molecular formula is C17H25O3-. The third-order valence-corrected chi connectivity index (χ3v) is 3.60. The molecule has 1 aromatic rings. The van der Waals surface area contributed by atoms with Gasteiger partial charge in [-0.05, 0) is 27.5 Å². The highest BCUT2D eigenvalue weighted by molar-refractivity contribution is 5.74. The molecule has 0 saturated carbocycles. The van der Waals surface area contributed by atoms with Crippen LogP contribution >= 0.6 is 0 Å². The summed E-state index contributed by atoms with van der Waals surface area (Å²) in [4.78, 5) is 11.1. The summed E-state index contributed by atoms with van der Waals surface area (Å²) >= 11 is 0.